The minimum absolute atomic E-state index is 0.165. The first-order valence-corrected chi connectivity index (χ1v) is 3.94. The molecule has 1 aromatic rings. The summed E-state index contributed by atoms with van der Waals surface area (Å²) in [6.45, 7) is 4.02. The Kier molecular flexibility index (Phi) is 2.08. The molecule has 1 heterocycles. The standard InChI is InChI=1S/C8H9NS/c1-4-6(2)8-9-5-7(3)10-8/h1,5-6H,2-3H3/t6-/m0/s1. The van der Waals surface area contributed by atoms with Gasteiger partial charge in [0.25, 0.3) is 0 Å². The van der Waals surface area contributed by atoms with E-state index in [0.717, 1.165) is 5.01 Å². The van der Waals surface area contributed by atoms with Crippen molar-refractivity contribution in [2.45, 2.75) is 19.8 Å². The van der Waals surface area contributed by atoms with Gasteiger partial charge in [-0.25, -0.2) is 4.98 Å². The largest absolute Gasteiger partial charge is 0.248 e. The summed E-state index contributed by atoms with van der Waals surface area (Å²) in [5.74, 6) is 2.81. The second-order valence-corrected chi connectivity index (χ2v) is 3.46. The van der Waals surface area contributed by atoms with Gasteiger partial charge in [0.05, 0.1) is 5.92 Å². The highest BCUT2D eigenvalue weighted by Gasteiger charge is 2.04. The first-order chi connectivity index (χ1) is 4.74. The van der Waals surface area contributed by atoms with Crippen molar-refractivity contribution in [3.8, 4) is 12.3 Å². The Morgan fingerprint density at radius 2 is 2.50 bits per heavy atom. The number of hydrogen-bond donors (Lipinski definition) is 0. The normalized spacial score (nSPS) is 12.5. The zero-order valence-electron chi connectivity index (χ0n) is 6.09. The van der Waals surface area contributed by atoms with Gasteiger partial charge in [-0.05, 0) is 13.8 Å². The summed E-state index contributed by atoms with van der Waals surface area (Å²) < 4.78 is 0. The van der Waals surface area contributed by atoms with Gasteiger partial charge in [0.15, 0.2) is 0 Å². The molecule has 52 valence electrons. The molecular weight excluding hydrogens is 142 g/mol. The van der Waals surface area contributed by atoms with E-state index in [2.05, 4.69) is 10.9 Å². The molecule has 1 nitrogen and oxygen atoms in total. The number of rotatable bonds is 1. The van der Waals surface area contributed by atoms with Crippen LogP contribution in [0.3, 0.4) is 0 Å². The Morgan fingerprint density at radius 3 is 2.90 bits per heavy atom. The fraction of sp³-hybridized carbons (Fsp3) is 0.375. The number of nitrogens with zero attached hydrogens (tertiary/aromatic N) is 1. The van der Waals surface area contributed by atoms with Crippen molar-refractivity contribution in [3.63, 3.8) is 0 Å². The predicted octanol–water partition coefficient (Wildman–Crippen LogP) is 2.19. The lowest BCUT2D eigenvalue weighted by molar-refractivity contribution is 0.979. The molecule has 0 aliphatic carbocycles. The average molecular weight is 151 g/mol. The molecule has 0 saturated carbocycles. The van der Waals surface area contributed by atoms with Crippen LogP contribution in [0.15, 0.2) is 6.20 Å². The molecule has 2 heteroatoms. The summed E-state index contributed by atoms with van der Waals surface area (Å²) >= 11 is 1.67. The maximum absolute atomic E-state index is 5.23. The molecule has 0 spiro atoms. The number of thiazole rings is 1. The van der Waals surface area contributed by atoms with Gasteiger partial charge in [-0.2, -0.15) is 0 Å². The molecular formula is C8H9NS. The molecule has 1 atom stereocenters. The number of aromatic nitrogens is 1. The van der Waals surface area contributed by atoms with E-state index >= 15 is 0 Å². The van der Waals surface area contributed by atoms with Crippen molar-refractivity contribution in [1.82, 2.24) is 4.98 Å². The predicted molar refractivity (Wildman–Crippen MR) is 44.1 cm³/mol. The van der Waals surface area contributed by atoms with E-state index in [1.54, 1.807) is 11.3 Å². The Balaban J connectivity index is 2.87. The van der Waals surface area contributed by atoms with Crippen molar-refractivity contribution < 1.29 is 0 Å². The van der Waals surface area contributed by atoms with Crippen molar-refractivity contribution >= 4 is 11.3 Å². The van der Waals surface area contributed by atoms with Crippen LogP contribution in [-0.4, -0.2) is 4.98 Å². The topological polar surface area (TPSA) is 12.9 Å². The summed E-state index contributed by atoms with van der Waals surface area (Å²) in [4.78, 5) is 5.38. The van der Waals surface area contributed by atoms with Crippen LogP contribution in [0, 0.1) is 19.3 Å². The van der Waals surface area contributed by atoms with Gasteiger partial charge in [-0.15, -0.1) is 17.8 Å². The van der Waals surface area contributed by atoms with E-state index in [4.69, 9.17) is 6.42 Å². The van der Waals surface area contributed by atoms with Crippen molar-refractivity contribution in [2.75, 3.05) is 0 Å². The second kappa shape index (κ2) is 2.85. The van der Waals surface area contributed by atoms with Gasteiger partial charge < -0.3 is 0 Å². The fourth-order valence-corrected chi connectivity index (χ4v) is 1.43. The Hall–Kier alpha value is -0.810. The SMILES string of the molecule is C#C[C@H](C)c1ncc(C)s1. The highest BCUT2D eigenvalue weighted by Crippen LogP contribution is 2.19. The van der Waals surface area contributed by atoms with E-state index in [9.17, 15) is 0 Å². The molecule has 0 radical (unpaired) electrons. The first kappa shape index (κ1) is 7.30. The van der Waals surface area contributed by atoms with Gasteiger partial charge in [0.1, 0.15) is 5.01 Å². The van der Waals surface area contributed by atoms with E-state index in [0.29, 0.717) is 0 Å². The molecule has 0 saturated heterocycles. The Bertz CT molecular complexity index is 256. The van der Waals surface area contributed by atoms with Gasteiger partial charge >= 0.3 is 0 Å². The molecule has 0 aliphatic rings. The molecule has 1 rings (SSSR count). The van der Waals surface area contributed by atoms with E-state index < -0.39 is 0 Å². The summed E-state index contributed by atoms with van der Waals surface area (Å²) in [5.41, 5.74) is 0. The van der Waals surface area contributed by atoms with Crippen molar-refractivity contribution in [1.29, 1.82) is 0 Å². The lowest BCUT2D eigenvalue weighted by Gasteiger charge is -1.94. The maximum atomic E-state index is 5.23. The van der Waals surface area contributed by atoms with Gasteiger partial charge in [0, 0.05) is 11.1 Å². The third-order valence-corrected chi connectivity index (χ3v) is 2.36. The molecule has 0 aromatic carbocycles. The van der Waals surface area contributed by atoms with Crippen LogP contribution >= 0.6 is 11.3 Å². The van der Waals surface area contributed by atoms with Crippen LogP contribution in [0.25, 0.3) is 0 Å². The number of hydrogen-bond acceptors (Lipinski definition) is 2. The Labute approximate surface area is 65.1 Å². The van der Waals surface area contributed by atoms with Crippen molar-refractivity contribution in [3.05, 3.63) is 16.1 Å². The van der Waals surface area contributed by atoms with E-state index in [-0.39, 0.29) is 5.92 Å². The van der Waals surface area contributed by atoms with Crippen LogP contribution in [0.1, 0.15) is 22.7 Å². The van der Waals surface area contributed by atoms with Gasteiger partial charge in [-0.3, -0.25) is 0 Å². The second-order valence-electron chi connectivity index (χ2n) is 2.20. The third kappa shape index (κ3) is 1.37. The highest BCUT2D eigenvalue weighted by atomic mass is 32.1. The first-order valence-electron chi connectivity index (χ1n) is 3.12. The fourth-order valence-electron chi connectivity index (χ4n) is 0.644. The summed E-state index contributed by atoms with van der Waals surface area (Å²) in [7, 11) is 0. The minimum Gasteiger partial charge on any atom is -0.248 e. The third-order valence-electron chi connectivity index (χ3n) is 1.26. The molecule has 0 bridgehead atoms. The minimum atomic E-state index is 0.165. The maximum Gasteiger partial charge on any atom is 0.107 e. The van der Waals surface area contributed by atoms with Crippen LogP contribution in [0.4, 0.5) is 0 Å². The van der Waals surface area contributed by atoms with Crippen LogP contribution < -0.4 is 0 Å². The van der Waals surface area contributed by atoms with Crippen LogP contribution in [0.2, 0.25) is 0 Å². The van der Waals surface area contributed by atoms with Crippen LogP contribution in [0.5, 0.6) is 0 Å². The zero-order valence-corrected chi connectivity index (χ0v) is 6.90. The smallest absolute Gasteiger partial charge is 0.107 e. The monoisotopic (exact) mass is 151 g/mol. The molecule has 0 amide bonds. The molecule has 0 fully saturated rings. The number of terminal acetylenes is 1. The molecule has 1 aromatic heterocycles. The molecule has 0 N–H and O–H groups in total. The van der Waals surface area contributed by atoms with Crippen molar-refractivity contribution in [2.24, 2.45) is 0 Å². The lowest BCUT2D eigenvalue weighted by Crippen LogP contribution is -1.85. The number of aryl methyl sites for hydroxylation is 1. The molecule has 10 heavy (non-hydrogen) atoms. The lowest BCUT2D eigenvalue weighted by atomic mass is 10.2. The van der Waals surface area contributed by atoms with E-state index in [1.807, 2.05) is 20.0 Å². The quantitative estimate of drug-likeness (QED) is 0.561. The zero-order chi connectivity index (χ0) is 7.56. The Morgan fingerprint density at radius 1 is 1.80 bits per heavy atom. The molecule has 0 unspecified atom stereocenters. The molecule has 0 aliphatic heterocycles. The van der Waals surface area contributed by atoms with Gasteiger partial charge in [-0.1, -0.05) is 5.92 Å². The summed E-state index contributed by atoms with van der Waals surface area (Å²) in [6, 6.07) is 0. The van der Waals surface area contributed by atoms with Crippen LogP contribution in [-0.2, 0) is 0 Å². The summed E-state index contributed by atoms with van der Waals surface area (Å²) in [5, 5.41) is 1.04. The van der Waals surface area contributed by atoms with E-state index in [1.165, 1.54) is 4.88 Å². The van der Waals surface area contributed by atoms with Gasteiger partial charge in [0.2, 0.25) is 0 Å². The average Bonchev–Trinajstić information content (AvgIpc) is 2.34. The highest BCUT2D eigenvalue weighted by molar-refractivity contribution is 7.11. The summed E-state index contributed by atoms with van der Waals surface area (Å²) in [6.07, 6.45) is 7.08.